The van der Waals surface area contributed by atoms with E-state index >= 15 is 0 Å². The minimum absolute atomic E-state index is 0.228. The highest BCUT2D eigenvalue weighted by atomic mass is 16.4. The van der Waals surface area contributed by atoms with Crippen molar-refractivity contribution in [3.8, 4) is 0 Å². The van der Waals surface area contributed by atoms with Crippen LogP contribution in [0.4, 0.5) is 4.79 Å². The summed E-state index contributed by atoms with van der Waals surface area (Å²) < 4.78 is 0. The van der Waals surface area contributed by atoms with Gasteiger partial charge in [-0.25, -0.2) is 14.6 Å². The molecule has 0 spiro atoms. The zero-order valence-electron chi connectivity index (χ0n) is 11.5. The fraction of sp³-hybridized carbons (Fsp3) is 0.615. The second-order valence-electron chi connectivity index (χ2n) is 4.93. The van der Waals surface area contributed by atoms with Crippen molar-refractivity contribution in [1.29, 1.82) is 0 Å². The fourth-order valence-electron chi connectivity index (χ4n) is 2.50. The van der Waals surface area contributed by atoms with Crippen molar-refractivity contribution in [1.82, 2.24) is 20.2 Å². The zero-order chi connectivity index (χ0) is 14.5. The number of nitrogens with zero attached hydrogens (tertiary/aromatic N) is 2. The zero-order valence-corrected chi connectivity index (χ0v) is 11.5. The number of carbonyl (C=O) groups excluding carboxylic acids is 1. The number of carboxylic acids is 1. The van der Waals surface area contributed by atoms with Gasteiger partial charge in [0.2, 0.25) is 0 Å². The van der Waals surface area contributed by atoms with Crippen molar-refractivity contribution in [3.63, 3.8) is 0 Å². The molecule has 7 nitrogen and oxygen atoms in total. The van der Waals surface area contributed by atoms with Crippen molar-refractivity contribution < 1.29 is 14.7 Å². The summed E-state index contributed by atoms with van der Waals surface area (Å²) in [5.74, 6) is -0.254. The monoisotopic (exact) mass is 280 g/mol. The number of aromatic nitrogens is 2. The highest BCUT2D eigenvalue weighted by Gasteiger charge is 2.32. The van der Waals surface area contributed by atoms with Gasteiger partial charge in [-0.05, 0) is 25.7 Å². The molecular weight excluding hydrogens is 260 g/mol. The Morgan fingerprint density at radius 1 is 1.60 bits per heavy atom. The average Bonchev–Trinajstić information content (AvgIpc) is 2.98. The predicted molar refractivity (Wildman–Crippen MR) is 72.1 cm³/mol. The van der Waals surface area contributed by atoms with Crippen LogP contribution in [0.5, 0.6) is 0 Å². The lowest BCUT2D eigenvalue weighted by atomic mass is 10.0. The Morgan fingerprint density at radius 3 is 3.00 bits per heavy atom. The van der Waals surface area contributed by atoms with Crippen molar-refractivity contribution in [3.05, 3.63) is 18.2 Å². The Kier molecular flexibility index (Phi) is 4.60. The van der Waals surface area contributed by atoms with Gasteiger partial charge in [0, 0.05) is 18.9 Å². The number of amides is 2. The molecule has 2 unspecified atom stereocenters. The molecule has 0 bridgehead atoms. The van der Waals surface area contributed by atoms with Crippen LogP contribution in [-0.2, 0) is 4.79 Å². The smallest absolute Gasteiger partial charge is 0.326 e. The summed E-state index contributed by atoms with van der Waals surface area (Å²) in [7, 11) is 0. The summed E-state index contributed by atoms with van der Waals surface area (Å²) in [6, 6.07) is -1.29. The van der Waals surface area contributed by atoms with Gasteiger partial charge in [-0.15, -0.1) is 0 Å². The largest absolute Gasteiger partial charge is 0.480 e. The number of urea groups is 1. The SMILES string of the molecule is CCC(NC(=O)N1CCCCC1C(=O)O)c1ncc[nH]1. The molecule has 1 aromatic heterocycles. The number of rotatable bonds is 4. The van der Waals surface area contributed by atoms with Crippen molar-refractivity contribution in [2.24, 2.45) is 0 Å². The maximum absolute atomic E-state index is 12.3. The number of aromatic amines is 1. The van der Waals surface area contributed by atoms with E-state index in [-0.39, 0.29) is 12.1 Å². The third-order valence-corrected chi connectivity index (χ3v) is 3.60. The molecule has 0 radical (unpaired) electrons. The molecule has 1 aromatic rings. The van der Waals surface area contributed by atoms with Gasteiger partial charge in [-0.3, -0.25) is 0 Å². The summed E-state index contributed by atoms with van der Waals surface area (Å²) >= 11 is 0. The van der Waals surface area contributed by atoms with Crippen LogP contribution in [0.3, 0.4) is 0 Å². The topological polar surface area (TPSA) is 98.3 Å². The number of carbonyl (C=O) groups is 2. The van der Waals surface area contributed by atoms with Crippen LogP contribution in [0.15, 0.2) is 12.4 Å². The van der Waals surface area contributed by atoms with E-state index in [0.29, 0.717) is 25.2 Å². The molecule has 2 amide bonds. The summed E-state index contributed by atoms with van der Waals surface area (Å²) in [5.41, 5.74) is 0. The van der Waals surface area contributed by atoms with Gasteiger partial charge in [0.15, 0.2) is 0 Å². The number of nitrogens with one attached hydrogen (secondary N) is 2. The Bertz CT molecular complexity index is 460. The molecular formula is C13H20N4O3. The number of hydrogen-bond donors (Lipinski definition) is 3. The van der Waals surface area contributed by atoms with Crippen LogP contribution in [0.2, 0.25) is 0 Å². The molecule has 110 valence electrons. The Balaban J connectivity index is 2.04. The molecule has 0 aromatic carbocycles. The van der Waals surface area contributed by atoms with Crippen LogP contribution in [0, 0.1) is 0 Å². The Hall–Kier alpha value is -2.05. The lowest BCUT2D eigenvalue weighted by Crippen LogP contribution is -2.52. The van der Waals surface area contributed by atoms with Crippen LogP contribution < -0.4 is 5.32 Å². The van der Waals surface area contributed by atoms with Crippen molar-refractivity contribution in [2.75, 3.05) is 6.54 Å². The lowest BCUT2D eigenvalue weighted by Gasteiger charge is -2.33. The molecule has 1 aliphatic rings. The number of aliphatic carboxylic acids is 1. The van der Waals surface area contributed by atoms with E-state index < -0.39 is 12.0 Å². The number of piperidine rings is 1. The Labute approximate surface area is 117 Å². The third kappa shape index (κ3) is 3.09. The van der Waals surface area contributed by atoms with E-state index in [1.165, 1.54) is 4.90 Å². The standard InChI is InChI=1S/C13H20N4O3/c1-2-9(11-14-6-7-15-11)16-13(20)17-8-4-3-5-10(17)12(18)19/h6-7,9-10H,2-5,8H2,1H3,(H,14,15)(H,16,20)(H,18,19). The van der Waals surface area contributed by atoms with Crippen LogP contribution in [0.25, 0.3) is 0 Å². The number of imidazole rings is 1. The van der Waals surface area contributed by atoms with E-state index in [2.05, 4.69) is 15.3 Å². The van der Waals surface area contributed by atoms with Crippen LogP contribution in [0.1, 0.15) is 44.5 Å². The summed E-state index contributed by atoms with van der Waals surface area (Å²) in [6.07, 6.45) is 6.21. The highest BCUT2D eigenvalue weighted by molar-refractivity contribution is 5.83. The third-order valence-electron chi connectivity index (χ3n) is 3.60. The van der Waals surface area contributed by atoms with E-state index in [1.807, 2.05) is 6.92 Å². The second-order valence-corrected chi connectivity index (χ2v) is 4.93. The van der Waals surface area contributed by atoms with E-state index in [4.69, 9.17) is 0 Å². The van der Waals surface area contributed by atoms with Crippen LogP contribution >= 0.6 is 0 Å². The molecule has 7 heteroatoms. The average molecular weight is 280 g/mol. The van der Waals surface area contributed by atoms with Gasteiger partial charge in [-0.1, -0.05) is 6.92 Å². The van der Waals surface area contributed by atoms with Crippen LogP contribution in [-0.4, -0.2) is 44.6 Å². The molecule has 2 heterocycles. The quantitative estimate of drug-likeness (QED) is 0.778. The molecule has 0 aliphatic carbocycles. The van der Waals surface area contributed by atoms with Crippen molar-refractivity contribution in [2.45, 2.75) is 44.7 Å². The predicted octanol–water partition coefficient (Wildman–Crippen LogP) is 1.51. The lowest BCUT2D eigenvalue weighted by molar-refractivity contribution is -0.143. The Morgan fingerprint density at radius 2 is 2.40 bits per heavy atom. The highest BCUT2D eigenvalue weighted by Crippen LogP contribution is 2.19. The first-order valence-electron chi connectivity index (χ1n) is 6.92. The minimum atomic E-state index is -0.939. The second kappa shape index (κ2) is 6.40. The molecule has 2 atom stereocenters. The van der Waals surface area contributed by atoms with Gasteiger partial charge < -0.3 is 20.3 Å². The molecule has 20 heavy (non-hydrogen) atoms. The number of H-pyrrole nitrogens is 1. The number of likely N-dealkylation sites (tertiary alicyclic amines) is 1. The van der Waals surface area contributed by atoms with E-state index in [0.717, 1.165) is 12.8 Å². The van der Waals surface area contributed by atoms with E-state index in [1.54, 1.807) is 12.4 Å². The normalized spacial score (nSPS) is 20.4. The first-order valence-corrected chi connectivity index (χ1v) is 6.92. The fourth-order valence-corrected chi connectivity index (χ4v) is 2.50. The maximum Gasteiger partial charge on any atom is 0.326 e. The van der Waals surface area contributed by atoms with Gasteiger partial charge in [0.25, 0.3) is 0 Å². The first kappa shape index (κ1) is 14.4. The minimum Gasteiger partial charge on any atom is -0.480 e. The van der Waals surface area contributed by atoms with E-state index in [9.17, 15) is 14.7 Å². The molecule has 2 rings (SSSR count). The first-order chi connectivity index (χ1) is 9.63. The maximum atomic E-state index is 12.3. The molecule has 1 saturated heterocycles. The molecule has 1 aliphatic heterocycles. The summed E-state index contributed by atoms with van der Waals surface area (Å²) in [4.78, 5) is 32.0. The summed E-state index contributed by atoms with van der Waals surface area (Å²) in [5, 5.41) is 12.0. The van der Waals surface area contributed by atoms with Gasteiger partial charge in [0.1, 0.15) is 11.9 Å². The van der Waals surface area contributed by atoms with Gasteiger partial charge in [-0.2, -0.15) is 0 Å². The van der Waals surface area contributed by atoms with Gasteiger partial charge in [0.05, 0.1) is 6.04 Å². The van der Waals surface area contributed by atoms with Gasteiger partial charge >= 0.3 is 12.0 Å². The van der Waals surface area contributed by atoms with Crippen molar-refractivity contribution >= 4 is 12.0 Å². The molecule has 3 N–H and O–H groups in total. The molecule has 0 saturated carbocycles. The summed E-state index contributed by atoms with van der Waals surface area (Å²) in [6.45, 7) is 2.43. The number of hydrogen-bond acceptors (Lipinski definition) is 3. The molecule has 1 fully saturated rings. The number of carboxylic acid groups (broad SMARTS) is 1.